The molecule has 2 rings (SSSR count). The van der Waals surface area contributed by atoms with Crippen LogP contribution in [0.5, 0.6) is 0 Å². The summed E-state index contributed by atoms with van der Waals surface area (Å²) in [5.41, 5.74) is 1.57. The zero-order valence-corrected chi connectivity index (χ0v) is 17.0. The van der Waals surface area contributed by atoms with Crippen molar-refractivity contribution in [1.29, 1.82) is 0 Å². The molecule has 1 aliphatic rings. The van der Waals surface area contributed by atoms with Crippen LogP contribution in [-0.2, 0) is 20.7 Å². The summed E-state index contributed by atoms with van der Waals surface area (Å²) >= 11 is 0. The first-order valence-corrected chi connectivity index (χ1v) is 10.2. The molecule has 1 fully saturated rings. The summed E-state index contributed by atoms with van der Waals surface area (Å²) in [6.45, 7) is 2.76. The molecule has 1 aromatic rings. The molecule has 1 amide bonds. The predicted octanol–water partition coefficient (Wildman–Crippen LogP) is 4.10. The Morgan fingerprint density at radius 3 is 2.61 bits per heavy atom. The number of carbonyl (C=O) groups is 3. The molecule has 1 heterocycles. The Morgan fingerprint density at radius 1 is 1.18 bits per heavy atom. The second kappa shape index (κ2) is 11.4. The largest absolute Gasteiger partial charge is 0.465 e. The third-order valence-corrected chi connectivity index (χ3v) is 5.17. The second-order valence-electron chi connectivity index (χ2n) is 7.27. The molecule has 1 aromatic carbocycles. The van der Waals surface area contributed by atoms with Crippen LogP contribution in [0.1, 0.15) is 67.8 Å². The topological polar surface area (TPSA) is 63.7 Å². The molecule has 1 saturated heterocycles. The van der Waals surface area contributed by atoms with Gasteiger partial charge >= 0.3 is 5.97 Å². The molecule has 0 spiro atoms. The van der Waals surface area contributed by atoms with Gasteiger partial charge in [-0.2, -0.15) is 0 Å². The maximum atomic E-state index is 12.2. The summed E-state index contributed by atoms with van der Waals surface area (Å²) < 4.78 is 4.70. The maximum absolute atomic E-state index is 12.2. The van der Waals surface area contributed by atoms with Crippen molar-refractivity contribution in [3.05, 3.63) is 47.5 Å². The van der Waals surface area contributed by atoms with Gasteiger partial charge in [-0.1, -0.05) is 44.4 Å². The SMILES string of the molecule is CCCCCCC(=O)/C=C/[C@H]1CCC(=O)N1CCc1ccc(C(=O)OC)cc1. The summed E-state index contributed by atoms with van der Waals surface area (Å²) in [5.74, 6) is -0.0733. The lowest BCUT2D eigenvalue weighted by atomic mass is 10.1. The van der Waals surface area contributed by atoms with Crippen LogP contribution in [-0.4, -0.2) is 42.3 Å². The number of likely N-dealkylation sites (tertiary alicyclic amines) is 1. The van der Waals surface area contributed by atoms with Crippen molar-refractivity contribution >= 4 is 17.7 Å². The van der Waals surface area contributed by atoms with Gasteiger partial charge in [0.05, 0.1) is 18.7 Å². The molecule has 0 saturated carbocycles. The molecule has 0 aliphatic carbocycles. The van der Waals surface area contributed by atoms with Crippen LogP contribution in [0.15, 0.2) is 36.4 Å². The van der Waals surface area contributed by atoms with Crippen molar-refractivity contribution in [3.8, 4) is 0 Å². The maximum Gasteiger partial charge on any atom is 0.337 e. The minimum atomic E-state index is -0.356. The van der Waals surface area contributed by atoms with E-state index in [9.17, 15) is 14.4 Å². The molecule has 0 N–H and O–H groups in total. The first kappa shape index (κ1) is 21.9. The van der Waals surface area contributed by atoms with E-state index in [0.717, 1.165) is 31.2 Å². The standard InChI is InChI=1S/C23H31NO4/c1-3-4-5-6-7-21(25)14-12-20-13-15-22(26)24(20)17-16-18-8-10-19(11-9-18)23(27)28-2/h8-12,14,20H,3-7,13,15-17H2,1-2H3/b14-12+/t20-/m0/s1. The van der Waals surface area contributed by atoms with Crippen molar-refractivity contribution in [3.63, 3.8) is 0 Å². The number of allylic oxidation sites excluding steroid dienone is 1. The smallest absolute Gasteiger partial charge is 0.337 e. The Balaban J connectivity index is 1.85. The van der Waals surface area contributed by atoms with Gasteiger partial charge in [-0.3, -0.25) is 9.59 Å². The van der Waals surface area contributed by atoms with Crippen LogP contribution in [0.3, 0.4) is 0 Å². The summed E-state index contributed by atoms with van der Waals surface area (Å²) in [6, 6.07) is 7.25. The van der Waals surface area contributed by atoms with E-state index in [-0.39, 0.29) is 23.7 Å². The highest BCUT2D eigenvalue weighted by Gasteiger charge is 2.28. The zero-order valence-electron chi connectivity index (χ0n) is 17.0. The van der Waals surface area contributed by atoms with Crippen molar-refractivity contribution in [2.45, 2.75) is 64.3 Å². The average Bonchev–Trinajstić information content (AvgIpc) is 3.07. The molecular formula is C23H31NO4. The lowest BCUT2D eigenvalue weighted by Gasteiger charge is -2.22. The molecule has 0 unspecified atom stereocenters. The first-order chi connectivity index (χ1) is 13.5. The highest BCUT2D eigenvalue weighted by atomic mass is 16.5. The molecule has 1 atom stereocenters. The monoisotopic (exact) mass is 385 g/mol. The van der Waals surface area contributed by atoms with E-state index in [0.29, 0.717) is 31.4 Å². The fourth-order valence-electron chi connectivity index (χ4n) is 3.45. The van der Waals surface area contributed by atoms with Crippen LogP contribution < -0.4 is 0 Å². The minimum absolute atomic E-state index is 0.00133. The average molecular weight is 386 g/mol. The number of benzene rings is 1. The fourth-order valence-corrected chi connectivity index (χ4v) is 3.45. The van der Waals surface area contributed by atoms with Crippen molar-refractivity contribution < 1.29 is 19.1 Å². The number of esters is 1. The molecule has 5 heteroatoms. The van der Waals surface area contributed by atoms with Crippen LogP contribution in [0.2, 0.25) is 0 Å². The van der Waals surface area contributed by atoms with E-state index >= 15 is 0 Å². The van der Waals surface area contributed by atoms with Gasteiger partial charge in [-0.15, -0.1) is 0 Å². The van der Waals surface area contributed by atoms with Gasteiger partial charge in [0.2, 0.25) is 5.91 Å². The Labute approximate surface area is 167 Å². The first-order valence-electron chi connectivity index (χ1n) is 10.2. The number of ketones is 1. The molecule has 28 heavy (non-hydrogen) atoms. The van der Waals surface area contributed by atoms with Crippen LogP contribution in [0.4, 0.5) is 0 Å². The Hall–Kier alpha value is -2.43. The van der Waals surface area contributed by atoms with Gasteiger partial charge in [0.15, 0.2) is 5.78 Å². The van der Waals surface area contributed by atoms with Gasteiger partial charge in [0.1, 0.15) is 0 Å². The van der Waals surface area contributed by atoms with E-state index in [2.05, 4.69) is 6.92 Å². The molecule has 5 nitrogen and oxygen atoms in total. The lowest BCUT2D eigenvalue weighted by Crippen LogP contribution is -2.33. The highest BCUT2D eigenvalue weighted by molar-refractivity contribution is 5.90. The van der Waals surface area contributed by atoms with E-state index in [1.54, 1.807) is 18.2 Å². The molecule has 0 aromatic heterocycles. The van der Waals surface area contributed by atoms with Gasteiger partial charge < -0.3 is 9.64 Å². The third kappa shape index (κ3) is 6.63. The number of unbranched alkanes of at least 4 members (excludes halogenated alkanes) is 3. The lowest BCUT2D eigenvalue weighted by molar-refractivity contribution is -0.128. The minimum Gasteiger partial charge on any atom is -0.465 e. The van der Waals surface area contributed by atoms with Gasteiger partial charge in [0, 0.05) is 19.4 Å². The summed E-state index contributed by atoms with van der Waals surface area (Å²) in [4.78, 5) is 37.6. The van der Waals surface area contributed by atoms with E-state index in [1.807, 2.05) is 23.1 Å². The Bertz CT molecular complexity index is 693. The molecule has 0 bridgehead atoms. The van der Waals surface area contributed by atoms with Gasteiger partial charge in [-0.25, -0.2) is 4.79 Å². The number of nitrogens with zero attached hydrogens (tertiary/aromatic N) is 1. The second-order valence-corrected chi connectivity index (χ2v) is 7.27. The normalized spacial score (nSPS) is 16.7. The van der Waals surface area contributed by atoms with E-state index in [1.165, 1.54) is 13.5 Å². The zero-order chi connectivity index (χ0) is 20.4. The molecule has 0 radical (unpaired) electrons. The highest BCUT2D eigenvalue weighted by Crippen LogP contribution is 2.21. The predicted molar refractivity (Wildman–Crippen MR) is 109 cm³/mol. The Morgan fingerprint density at radius 2 is 1.93 bits per heavy atom. The van der Waals surface area contributed by atoms with Crippen molar-refractivity contribution in [1.82, 2.24) is 4.90 Å². The number of amides is 1. The quantitative estimate of drug-likeness (QED) is 0.327. The third-order valence-electron chi connectivity index (χ3n) is 5.17. The summed E-state index contributed by atoms with van der Waals surface area (Å²) in [5, 5.41) is 0. The van der Waals surface area contributed by atoms with Crippen LogP contribution in [0.25, 0.3) is 0 Å². The molecule has 152 valence electrons. The van der Waals surface area contributed by atoms with Gasteiger partial charge in [-0.05, 0) is 43.0 Å². The van der Waals surface area contributed by atoms with Crippen molar-refractivity contribution in [2.75, 3.05) is 13.7 Å². The summed E-state index contributed by atoms with van der Waals surface area (Å²) in [7, 11) is 1.36. The van der Waals surface area contributed by atoms with E-state index in [4.69, 9.17) is 4.74 Å². The van der Waals surface area contributed by atoms with Crippen LogP contribution in [0, 0.1) is 0 Å². The number of hydrogen-bond donors (Lipinski definition) is 0. The number of carbonyl (C=O) groups excluding carboxylic acids is 3. The van der Waals surface area contributed by atoms with Crippen molar-refractivity contribution in [2.24, 2.45) is 0 Å². The number of hydrogen-bond acceptors (Lipinski definition) is 4. The van der Waals surface area contributed by atoms with Crippen LogP contribution >= 0.6 is 0 Å². The number of ether oxygens (including phenoxy) is 1. The number of methoxy groups -OCH3 is 1. The number of rotatable bonds is 11. The fraction of sp³-hybridized carbons (Fsp3) is 0.522. The summed E-state index contributed by atoms with van der Waals surface area (Å²) in [6.07, 6.45) is 10.5. The van der Waals surface area contributed by atoms with E-state index < -0.39 is 0 Å². The van der Waals surface area contributed by atoms with Gasteiger partial charge in [0.25, 0.3) is 0 Å². The Kier molecular flexibility index (Phi) is 8.92. The molecule has 1 aliphatic heterocycles. The molecular weight excluding hydrogens is 354 g/mol.